The van der Waals surface area contributed by atoms with Gasteiger partial charge in [0.2, 0.25) is 15.9 Å². The third-order valence-electron chi connectivity index (χ3n) is 1.55. The summed E-state index contributed by atoms with van der Waals surface area (Å²) in [7, 11) is -3.57. The van der Waals surface area contributed by atoms with Crippen molar-refractivity contribution in [3.63, 3.8) is 0 Å². The highest BCUT2D eigenvalue weighted by atomic mass is 32.2. The lowest BCUT2D eigenvalue weighted by atomic mass is 10.3. The number of nitrogens with two attached hydrogens (primary N) is 1. The van der Waals surface area contributed by atoms with Crippen LogP contribution in [0.25, 0.3) is 0 Å². The molecule has 1 atom stereocenters. The van der Waals surface area contributed by atoms with Gasteiger partial charge in [0.05, 0.1) is 6.07 Å². The number of amides is 1. The highest BCUT2D eigenvalue weighted by Crippen LogP contribution is 1.96. The van der Waals surface area contributed by atoms with Crippen LogP contribution < -0.4 is 10.5 Å². The van der Waals surface area contributed by atoms with E-state index in [1.54, 1.807) is 6.07 Å². The SMILES string of the molecule is CC(C#N)S(=O)(=O)NCCCC(N)=O. The molecule has 14 heavy (non-hydrogen) atoms. The molecule has 0 aliphatic rings. The number of carbonyl (C=O) groups excluding carboxylic acids is 1. The molecular formula is C7H13N3O3S. The Hall–Kier alpha value is -1.13. The molecule has 0 radical (unpaired) electrons. The van der Waals surface area contributed by atoms with Gasteiger partial charge in [0, 0.05) is 13.0 Å². The van der Waals surface area contributed by atoms with Crippen molar-refractivity contribution in [3.8, 4) is 6.07 Å². The van der Waals surface area contributed by atoms with E-state index in [0.29, 0.717) is 6.42 Å². The molecule has 7 heteroatoms. The van der Waals surface area contributed by atoms with Gasteiger partial charge in [0.15, 0.2) is 5.25 Å². The van der Waals surface area contributed by atoms with E-state index >= 15 is 0 Å². The van der Waals surface area contributed by atoms with Crippen LogP contribution in [0.2, 0.25) is 0 Å². The molecule has 6 nitrogen and oxygen atoms in total. The molecule has 80 valence electrons. The van der Waals surface area contributed by atoms with Crippen molar-refractivity contribution in [2.24, 2.45) is 5.73 Å². The average molecular weight is 219 g/mol. The van der Waals surface area contributed by atoms with Gasteiger partial charge in [0.25, 0.3) is 0 Å². The Kier molecular flexibility index (Phi) is 5.12. The van der Waals surface area contributed by atoms with E-state index in [1.807, 2.05) is 0 Å². The molecule has 0 saturated carbocycles. The van der Waals surface area contributed by atoms with E-state index in [2.05, 4.69) is 4.72 Å². The largest absolute Gasteiger partial charge is 0.370 e. The van der Waals surface area contributed by atoms with Crippen molar-refractivity contribution < 1.29 is 13.2 Å². The number of hydrogen-bond acceptors (Lipinski definition) is 4. The first kappa shape index (κ1) is 12.9. The zero-order valence-electron chi connectivity index (χ0n) is 7.86. The standard InChI is InChI=1S/C7H13N3O3S/c1-6(5-8)14(12,13)10-4-2-3-7(9)11/h6,10H,2-4H2,1H3,(H2,9,11). The molecule has 0 spiro atoms. The smallest absolute Gasteiger partial charge is 0.227 e. The fourth-order valence-electron chi connectivity index (χ4n) is 0.671. The number of hydrogen-bond donors (Lipinski definition) is 2. The van der Waals surface area contributed by atoms with Gasteiger partial charge in [-0.15, -0.1) is 0 Å². The predicted octanol–water partition coefficient (Wildman–Crippen LogP) is -0.917. The van der Waals surface area contributed by atoms with Crippen LogP contribution in [0.1, 0.15) is 19.8 Å². The summed E-state index contributed by atoms with van der Waals surface area (Å²) < 4.78 is 24.5. The maximum atomic E-state index is 11.2. The lowest BCUT2D eigenvalue weighted by Crippen LogP contribution is -2.32. The number of nitriles is 1. The Labute approximate surface area is 83.1 Å². The Morgan fingerprint density at radius 2 is 2.21 bits per heavy atom. The van der Waals surface area contributed by atoms with Gasteiger partial charge in [-0.05, 0) is 13.3 Å². The molecule has 0 aliphatic heterocycles. The fraction of sp³-hybridized carbons (Fsp3) is 0.714. The molecule has 0 aromatic heterocycles. The molecule has 0 saturated heterocycles. The number of rotatable bonds is 6. The molecule has 0 heterocycles. The van der Waals surface area contributed by atoms with E-state index in [-0.39, 0.29) is 13.0 Å². The molecule has 0 bridgehead atoms. The quantitative estimate of drug-likeness (QED) is 0.562. The summed E-state index contributed by atoms with van der Waals surface area (Å²) in [5.41, 5.74) is 4.86. The number of nitrogens with one attached hydrogen (secondary N) is 1. The highest BCUT2D eigenvalue weighted by molar-refractivity contribution is 7.90. The van der Waals surface area contributed by atoms with E-state index in [9.17, 15) is 13.2 Å². The second kappa shape index (κ2) is 5.57. The minimum atomic E-state index is -3.57. The number of primary amides is 1. The normalized spacial score (nSPS) is 13.1. The summed E-state index contributed by atoms with van der Waals surface area (Å²) in [6.45, 7) is 1.41. The molecule has 0 aromatic carbocycles. The summed E-state index contributed by atoms with van der Waals surface area (Å²) >= 11 is 0. The highest BCUT2D eigenvalue weighted by Gasteiger charge is 2.18. The van der Waals surface area contributed by atoms with Crippen molar-refractivity contribution in [2.75, 3.05) is 6.54 Å². The van der Waals surface area contributed by atoms with Crippen molar-refractivity contribution in [3.05, 3.63) is 0 Å². The molecule has 0 aromatic rings. The van der Waals surface area contributed by atoms with E-state index in [1.165, 1.54) is 6.92 Å². The van der Waals surface area contributed by atoms with E-state index in [4.69, 9.17) is 11.0 Å². The second-order valence-electron chi connectivity index (χ2n) is 2.78. The predicted molar refractivity (Wildman–Crippen MR) is 50.4 cm³/mol. The van der Waals surface area contributed by atoms with Crippen LogP contribution in [-0.4, -0.2) is 26.1 Å². The van der Waals surface area contributed by atoms with Gasteiger partial charge in [0.1, 0.15) is 0 Å². The number of carbonyl (C=O) groups is 1. The molecule has 1 unspecified atom stereocenters. The third kappa shape index (κ3) is 4.79. The first-order chi connectivity index (χ1) is 6.40. The van der Waals surface area contributed by atoms with Crippen molar-refractivity contribution in [2.45, 2.75) is 25.0 Å². The summed E-state index contributed by atoms with van der Waals surface area (Å²) in [5, 5.41) is 7.28. The molecule has 0 fully saturated rings. The molecule has 0 aliphatic carbocycles. The van der Waals surface area contributed by atoms with Gasteiger partial charge in [-0.1, -0.05) is 0 Å². The second-order valence-corrected chi connectivity index (χ2v) is 4.87. The van der Waals surface area contributed by atoms with Crippen LogP contribution in [0, 0.1) is 11.3 Å². The maximum Gasteiger partial charge on any atom is 0.227 e. The summed E-state index contributed by atoms with van der Waals surface area (Å²) in [5.74, 6) is -0.475. The van der Waals surface area contributed by atoms with Crippen molar-refractivity contribution >= 4 is 15.9 Å². The fourth-order valence-corrected chi connectivity index (χ4v) is 1.49. The van der Waals surface area contributed by atoms with E-state index < -0.39 is 21.2 Å². The Morgan fingerprint density at radius 3 is 2.64 bits per heavy atom. The molecular weight excluding hydrogens is 206 g/mol. The zero-order chi connectivity index (χ0) is 11.2. The zero-order valence-corrected chi connectivity index (χ0v) is 8.67. The number of nitrogens with zero attached hydrogens (tertiary/aromatic N) is 1. The summed E-state index contributed by atoms with van der Waals surface area (Å²) in [6, 6.07) is 1.61. The van der Waals surface area contributed by atoms with Gasteiger partial charge >= 0.3 is 0 Å². The monoisotopic (exact) mass is 219 g/mol. The van der Waals surface area contributed by atoms with Crippen molar-refractivity contribution in [1.29, 1.82) is 5.26 Å². The van der Waals surface area contributed by atoms with Gasteiger partial charge in [-0.2, -0.15) is 5.26 Å². The van der Waals surface area contributed by atoms with Crippen LogP contribution in [0.3, 0.4) is 0 Å². The van der Waals surface area contributed by atoms with Gasteiger partial charge in [-0.3, -0.25) is 4.79 Å². The minimum Gasteiger partial charge on any atom is -0.370 e. The topological polar surface area (TPSA) is 113 Å². The molecule has 3 N–H and O–H groups in total. The van der Waals surface area contributed by atoms with E-state index in [0.717, 1.165) is 0 Å². The third-order valence-corrected chi connectivity index (χ3v) is 3.19. The summed E-state index contributed by atoms with van der Waals surface area (Å²) in [4.78, 5) is 10.3. The maximum absolute atomic E-state index is 11.2. The Balaban J connectivity index is 3.91. The minimum absolute atomic E-state index is 0.122. The lowest BCUT2D eigenvalue weighted by Gasteiger charge is -2.06. The van der Waals surface area contributed by atoms with Gasteiger partial charge < -0.3 is 5.73 Å². The molecule has 1 amide bonds. The Morgan fingerprint density at radius 1 is 1.64 bits per heavy atom. The Bertz CT molecular complexity index is 331. The first-order valence-corrected chi connectivity index (χ1v) is 5.61. The van der Waals surface area contributed by atoms with Crippen LogP contribution in [0.5, 0.6) is 0 Å². The molecule has 0 rings (SSSR count). The van der Waals surface area contributed by atoms with Crippen LogP contribution in [-0.2, 0) is 14.8 Å². The average Bonchev–Trinajstić information content (AvgIpc) is 2.10. The van der Waals surface area contributed by atoms with Gasteiger partial charge in [-0.25, -0.2) is 13.1 Å². The van der Waals surface area contributed by atoms with Crippen LogP contribution in [0.4, 0.5) is 0 Å². The summed E-state index contributed by atoms with van der Waals surface area (Å²) in [6.07, 6.45) is 0.468. The van der Waals surface area contributed by atoms with Crippen molar-refractivity contribution in [1.82, 2.24) is 4.72 Å². The number of sulfonamides is 1. The lowest BCUT2D eigenvalue weighted by molar-refractivity contribution is -0.118. The van der Waals surface area contributed by atoms with Crippen LogP contribution >= 0.6 is 0 Å². The van der Waals surface area contributed by atoms with Crippen LogP contribution in [0.15, 0.2) is 0 Å². The first-order valence-electron chi connectivity index (χ1n) is 4.06.